The number of carbonyl (C=O) groups is 2. The van der Waals surface area contributed by atoms with E-state index in [0.717, 1.165) is 19.4 Å². The Morgan fingerprint density at radius 2 is 2.22 bits per heavy atom. The highest BCUT2D eigenvalue weighted by molar-refractivity contribution is 5.78. The number of amides is 1. The van der Waals surface area contributed by atoms with Crippen molar-refractivity contribution in [1.82, 2.24) is 4.90 Å². The molecule has 1 aliphatic rings. The summed E-state index contributed by atoms with van der Waals surface area (Å²) in [6.45, 7) is 3.79. The van der Waals surface area contributed by atoms with Crippen LogP contribution in [0.2, 0.25) is 0 Å². The highest BCUT2D eigenvalue weighted by Gasteiger charge is 2.26. The van der Waals surface area contributed by atoms with Gasteiger partial charge in [-0.25, -0.2) is 0 Å². The number of rotatable bonds is 6. The van der Waals surface area contributed by atoms with Crippen LogP contribution >= 0.6 is 0 Å². The fourth-order valence-electron chi connectivity index (χ4n) is 2.46. The molecule has 1 rings (SSSR count). The summed E-state index contributed by atoms with van der Waals surface area (Å²) in [5.74, 6) is -0.426. The number of carbonyl (C=O) groups excluding carboxylic acids is 1. The van der Waals surface area contributed by atoms with E-state index in [1.54, 1.807) is 7.11 Å². The molecule has 0 aromatic carbocycles. The van der Waals surface area contributed by atoms with E-state index in [4.69, 9.17) is 9.84 Å². The lowest BCUT2D eigenvalue weighted by atomic mass is 9.92. The van der Waals surface area contributed by atoms with Crippen LogP contribution in [0.3, 0.4) is 0 Å². The summed E-state index contributed by atoms with van der Waals surface area (Å²) in [6, 6.07) is 0. The summed E-state index contributed by atoms with van der Waals surface area (Å²) >= 11 is 0. The predicted molar refractivity (Wildman–Crippen MR) is 67.2 cm³/mol. The maximum Gasteiger partial charge on any atom is 0.303 e. The second-order valence-electron chi connectivity index (χ2n) is 5.08. The van der Waals surface area contributed by atoms with E-state index < -0.39 is 5.97 Å². The van der Waals surface area contributed by atoms with Gasteiger partial charge >= 0.3 is 5.97 Å². The molecule has 0 bridgehead atoms. The second kappa shape index (κ2) is 7.36. The van der Waals surface area contributed by atoms with E-state index in [1.165, 1.54) is 0 Å². The highest BCUT2D eigenvalue weighted by atomic mass is 16.5. The van der Waals surface area contributed by atoms with Crippen molar-refractivity contribution in [2.24, 2.45) is 11.8 Å². The van der Waals surface area contributed by atoms with Crippen LogP contribution in [-0.4, -0.2) is 48.7 Å². The molecule has 5 heteroatoms. The van der Waals surface area contributed by atoms with E-state index in [2.05, 4.69) is 0 Å². The number of ether oxygens (including phenoxy) is 1. The van der Waals surface area contributed by atoms with Crippen LogP contribution in [0, 0.1) is 11.8 Å². The molecule has 2 atom stereocenters. The van der Waals surface area contributed by atoms with Gasteiger partial charge in [0.25, 0.3) is 0 Å². The Hall–Kier alpha value is -1.10. The number of nitrogens with zero attached hydrogens (tertiary/aromatic N) is 1. The van der Waals surface area contributed by atoms with Crippen LogP contribution in [0.1, 0.15) is 32.6 Å². The topological polar surface area (TPSA) is 66.8 Å². The summed E-state index contributed by atoms with van der Waals surface area (Å²) in [5.41, 5.74) is 0. The second-order valence-corrected chi connectivity index (χ2v) is 5.08. The summed E-state index contributed by atoms with van der Waals surface area (Å²) < 4.78 is 5.00. The van der Waals surface area contributed by atoms with Gasteiger partial charge in [0.15, 0.2) is 0 Å². The van der Waals surface area contributed by atoms with Crippen LogP contribution in [0.4, 0.5) is 0 Å². The third kappa shape index (κ3) is 4.64. The zero-order chi connectivity index (χ0) is 13.5. The molecule has 0 radical (unpaired) electrons. The molecule has 18 heavy (non-hydrogen) atoms. The zero-order valence-corrected chi connectivity index (χ0v) is 11.2. The van der Waals surface area contributed by atoms with E-state index in [9.17, 15) is 9.59 Å². The van der Waals surface area contributed by atoms with E-state index >= 15 is 0 Å². The Kier molecular flexibility index (Phi) is 6.12. The Bertz CT molecular complexity index is 293. The first-order valence-corrected chi connectivity index (χ1v) is 6.54. The van der Waals surface area contributed by atoms with Gasteiger partial charge in [0.2, 0.25) is 5.91 Å². The van der Waals surface area contributed by atoms with Crippen molar-refractivity contribution in [3.63, 3.8) is 0 Å². The van der Waals surface area contributed by atoms with Gasteiger partial charge in [0, 0.05) is 26.6 Å². The number of aliphatic carboxylic acids is 1. The largest absolute Gasteiger partial charge is 0.481 e. The van der Waals surface area contributed by atoms with Crippen LogP contribution < -0.4 is 0 Å². The van der Waals surface area contributed by atoms with Crippen LogP contribution in [0.25, 0.3) is 0 Å². The van der Waals surface area contributed by atoms with E-state index in [-0.39, 0.29) is 18.2 Å². The molecule has 0 saturated carbocycles. The van der Waals surface area contributed by atoms with E-state index in [0.29, 0.717) is 25.5 Å². The number of methoxy groups -OCH3 is 1. The van der Waals surface area contributed by atoms with Crippen molar-refractivity contribution >= 4 is 11.9 Å². The standard InChI is InChI=1S/C13H23NO4/c1-10(9-18-2)13(17)14-7-3-4-11(8-14)5-6-12(15)16/h10-11H,3-9H2,1-2H3,(H,15,16)/t10-,11+/m1/s1. The van der Waals surface area contributed by atoms with Crippen LogP contribution in [0.5, 0.6) is 0 Å². The quantitative estimate of drug-likeness (QED) is 0.780. The average Bonchev–Trinajstić information content (AvgIpc) is 2.36. The third-order valence-electron chi connectivity index (χ3n) is 3.44. The highest BCUT2D eigenvalue weighted by Crippen LogP contribution is 2.22. The Labute approximate surface area is 108 Å². The minimum absolute atomic E-state index is 0.117. The maximum atomic E-state index is 12.1. The minimum Gasteiger partial charge on any atom is -0.481 e. The van der Waals surface area contributed by atoms with Crippen molar-refractivity contribution in [2.75, 3.05) is 26.8 Å². The lowest BCUT2D eigenvalue weighted by molar-refractivity contribution is -0.138. The van der Waals surface area contributed by atoms with Crippen molar-refractivity contribution in [1.29, 1.82) is 0 Å². The summed E-state index contributed by atoms with van der Waals surface area (Å²) in [6.07, 6.45) is 2.85. The number of hydrogen-bond donors (Lipinski definition) is 1. The van der Waals surface area contributed by atoms with Crippen LogP contribution in [-0.2, 0) is 14.3 Å². The lowest BCUT2D eigenvalue weighted by Crippen LogP contribution is -2.43. The lowest BCUT2D eigenvalue weighted by Gasteiger charge is -2.34. The molecule has 1 fully saturated rings. The van der Waals surface area contributed by atoms with Crippen molar-refractivity contribution in [3.05, 3.63) is 0 Å². The Morgan fingerprint density at radius 1 is 1.50 bits per heavy atom. The molecule has 0 aromatic heterocycles. The van der Waals surface area contributed by atoms with Gasteiger partial charge in [0.05, 0.1) is 12.5 Å². The average molecular weight is 257 g/mol. The van der Waals surface area contributed by atoms with Gasteiger partial charge < -0.3 is 14.7 Å². The van der Waals surface area contributed by atoms with Gasteiger partial charge in [-0.2, -0.15) is 0 Å². The van der Waals surface area contributed by atoms with Gasteiger partial charge in [0.1, 0.15) is 0 Å². The SMILES string of the molecule is COC[C@@H](C)C(=O)N1CCC[C@@H](CCC(=O)O)C1. The number of carboxylic acid groups (broad SMARTS) is 1. The fourth-order valence-corrected chi connectivity index (χ4v) is 2.46. The molecule has 1 saturated heterocycles. The summed E-state index contributed by atoms with van der Waals surface area (Å²) in [5, 5.41) is 8.68. The monoisotopic (exact) mass is 257 g/mol. The minimum atomic E-state index is -0.758. The molecule has 0 spiro atoms. The molecule has 1 aliphatic heterocycles. The molecule has 0 unspecified atom stereocenters. The number of likely N-dealkylation sites (tertiary alicyclic amines) is 1. The van der Waals surface area contributed by atoms with Crippen LogP contribution in [0.15, 0.2) is 0 Å². The molecule has 1 heterocycles. The smallest absolute Gasteiger partial charge is 0.303 e. The molecule has 104 valence electrons. The van der Waals surface area contributed by atoms with Gasteiger partial charge in [-0.1, -0.05) is 6.92 Å². The normalized spacial score (nSPS) is 21.7. The first-order chi connectivity index (χ1) is 8.54. The van der Waals surface area contributed by atoms with Crippen molar-refractivity contribution < 1.29 is 19.4 Å². The third-order valence-corrected chi connectivity index (χ3v) is 3.44. The van der Waals surface area contributed by atoms with Gasteiger partial charge in [-0.3, -0.25) is 9.59 Å². The molecule has 0 aliphatic carbocycles. The molecule has 5 nitrogen and oxygen atoms in total. The van der Waals surface area contributed by atoms with Gasteiger partial charge in [-0.15, -0.1) is 0 Å². The zero-order valence-electron chi connectivity index (χ0n) is 11.2. The van der Waals surface area contributed by atoms with E-state index in [1.807, 2.05) is 11.8 Å². The number of piperidine rings is 1. The Balaban J connectivity index is 2.42. The first kappa shape index (κ1) is 15.0. The number of hydrogen-bond acceptors (Lipinski definition) is 3. The fraction of sp³-hybridized carbons (Fsp3) is 0.846. The van der Waals surface area contributed by atoms with Crippen molar-refractivity contribution in [2.45, 2.75) is 32.6 Å². The van der Waals surface area contributed by atoms with Crippen molar-refractivity contribution in [3.8, 4) is 0 Å². The molecule has 1 N–H and O–H groups in total. The van der Waals surface area contributed by atoms with Gasteiger partial charge in [-0.05, 0) is 25.2 Å². The summed E-state index contributed by atoms with van der Waals surface area (Å²) in [4.78, 5) is 24.5. The molecule has 1 amide bonds. The maximum absolute atomic E-state index is 12.1. The predicted octanol–water partition coefficient (Wildman–Crippen LogP) is 1.37. The molecular formula is C13H23NO4. The summed E-state index contributed by atoms with van der Waals surface area (Å²) in [7, 11) is 1.59. The molecule has 0 aromatic rings. The Morgan fingerprint density at radius 3 is 2.83 bits per heavy atom. The first-order valence-electron chi connectivity index (χ1n) is 6.54. The number of carboxylic acids is 1. The molecular weight excluding hydrogens is 234 g/mol.